The lowest BCUT2D eigenvalue weighted by atomic mass is 10.1. The molecule has 18 heavy (non-hydrogen) atoms. The summed E-state index contributed by atoms with van der Waals surface area (Å²) in [6, 6.07) is 9.68. The Hall–Kier alpha value is -1.81. The molecule has 1 atom stereocenters. The van der Waals surface area contributed by atoms with Crippen LogP contribution in [0.3, 0.4) is 0 Å². The van der Waals surface area contributed by atoms with Crippen LogP contribution >= 0.6 is 0 Å². The van der Waals surface area contributed by atoms with Crippen molar-refractivity contribution in [2.24, 2.45) is 5.92 Å². The van der Waals surface area contributed by atoms with E-state index < -0.39 is 0 Å². The summed E-state index contributed by atoms with van der Waals surface area (Å²) in [7, 11) is 0. The zero-order chi connectivity index (χ0) is 12.4. The number of nitrogen functional groups attached to an aromatic ring is 1. The third-order valence-corrected chi connectivity index (χ3v) is 3.20. The Morgan fingerprint density at radius 3 is 3.11 bits per heavy atom. The van der Waals surface area contributed by atoms with E-state index >= 15 is 0 Å². The maximum atomic E-state index is 5.86. The first kappa shape index (κ1) is 11.3. The van der Waals surface area contributed by atoms with Crippen LogP contribution in [0.2, 0.25) is 0 Å². The Balaban J connectivity index is 1.84. The van der Waals surface area contributed by atoms with E-state index in [1.54, 1.807) is 6.07 Å². The standard InChI is InChI=1S/C14H16N2O2/c15-13-5-4-11-2-1-3-12(14(11)16-13)18-9-10-6-7-17-8-10/h1-5,10H,6-9H2,(H2,15,16). The van der Waals surface area contributed by atoms with Crippen molar-refractivity contribution in [3.8, 4) is 5.75 Å². The van der Waals surface area contributed by atoms with E-state index in [4.69, 9.17) is 15.2 Å². The van der Waals surface area contributed by atoms with Crippen molar-refractivity contribution >= 4 is 16.7 Å². The fraction of sp³-hybridized carbons (Fsp3) is 0.357. The normalized spacial score (nSPS) is 19.2. The number of ether oxygens (including phenoxy) is 2. The predicted octanol–water partition coefficient (Wildman–Crippen LogP) is 2.23. The van der Waals surface area contributed by atoms with E-state index in [2.05, 4.69) is 4.98 Å². The molecule has 1 aromatic carbocycles. The Kier molecular flexibility index (Phi) is 3.02. The molecule has 0 spiro atoms. The highest BCUT2D eigenvalue weighted by Crippen LogP contribution is 2.25. The number of nitrogens with two attached hydrogens (primary N) is 1. The molecular weight excluding hydrogens is 228 g/mol. The number of nitrogens with zero attached hydrogens (tertiary/aromatic N) is 1. The van der Waals surface area contributed by atoms with E-state index in [1.165, 1.54) is 0 Å². The van der Waals surface area contributed by atoms with Gasteiger partial charge in [0.1, 0.15) is 17.1 Å². The van der Waals surface area contributed by atoms with Crippen molar-refractivity contribution in [2.45, 2.75) is 6.42 Å². The van der Waals surface area contributed by atoms with Crippen LogP contribution in [0.25, 0.3) is 10.9 Å². The minimum atomic E-state index is 0.487. The van der Waals surface area contributed by atoms with E-state index in [-0.39, 0.29) is 0 Å². The van der Waals surface area contributed by atoms with Gasteiger partial charge in [-0.3, -0.25) is 0 Å². The number of hydrogen-bond acceptors (Lipinski definition) is 4. The molecule has 0 radical (unpaired) electrons. The smallest absolute Gasteiger partial charge is 0.145 e. The number of para-hydroxylation sites is 1. The number of anilines is 1. The second-order valence-electron chi connectivity index (χ2n) is 4.60. The highest BCUT2D eigenvalue weighted by Gasteiger charge is 2.16. The molecular formula is C14H16N2O2. The first-order valence-corrected chi connectivity index (χ1v) is 6.19. The number of fused-ring (bicyclic) bond motifs is 1. The molecule has 2 heterocycles. The molecule has 1 aromatic heterocycles. The molecule has 4 heteroatoms. The highest BCUT2D eigenvalue weighted by molar-refractivity contribution is 5.85. The first-order valence-electron chi connectivity index (χ1n) is 6.19. The van der Waals surface area contributed by atoms with E-state index in [0.29, 0.717) is 18.3 Å². The lowest BCUT2D eigenvalue weighted by Crippen LogP contribution is -2.11. The van der Waals surface area contributed by atoms with Gasteiger partial charge < -0.3 is 15.2 Å². The highest BCUT2D eigenvalue weighted by atomic mass is 16.5. The quantitative estimate of drug-likeness (QED) is 0.899. The van der Waals surface area contributed by atoms with Gasteiger partial charge in [-0.1, -0.05) is 12.1 Å². The number of benzene rings is 1. The van der Waals surface area contributed by atoms with Crippen LogP contribution in [0.4, 0.5) is 5.82 Å². The van der Waals surface area contributed by atoms with Gasteiger partial charge >= 0.3 is 0 Å². The largest absolute Gasteiger partial charge is 0.491 e. The molecule has 1 fully saturated rings. The molecule has 94 valence electrons. The fourth-order valence-electron chi connectivity index (χ4n) is 2.17. The lowest BCUT2D eigenvalue weighted by molar-refractivity contribution is 0.167. The molecule has 0 saturated carbocycles. The molecule has 0 bridgehead atoms. The predicted molar refractivity (Wildman–Crippen MR) is 70.6 cm³/mol. The maximum Gasteiger partial charge on any atom is 0.145 e. The number of rotatable bonds is 3. The van der Waals surface area contributed by atoms with Crippen LogP contribution in [-0.4, -0.2) is 24.8 Å². The van der Waals surface area contributed by atoms with Crippen LogP contribution in [-0.2, 0) is 4.74 Å². The van der Waals surface area contributed by atoms with Crippen molar-refractivity contribution in [3.63, 3.8) is 0 Å². The summed E-state index contributed by atoms with van der Waals surface area (Å²) in [4.78, 5) is 4.34. The molecule has 3 rings (SSSR count). The van der Waals surface area contributed by atoms with Crippen LogP contribution in [0.1, 0.15) is 6.42 Å². The zero-order valence-corrected chi connectivity index (χ0v) is 10.1. The minimum Gasteiger partial charge on any atom is -0.491 e. The molecule has 4 nitrogen and oxygen atoms in total. The Bertz CT molecular complexity index is 550. The van der Waals surface area contributed by atoms with Crippen LogP contribution in [0.15, 0.2) is 30.3 Å². The average molecular weight is 244 g/mol. The van der Waals surface area contributed by atoms with Gasteiger partial charge in [0, 0.05) is 17.9 Å². The van der Waals surface area contributed by atoms with Gasteiger partial charge in [0.2, 0.25) is 0 Å². The summed E-state index contributed by atoms with van der Waals surface area (Å²) in [5, 5.41) is 1.05. The van der Waals surface area contributed by atoms with Crippen LogP contribution in [0, 0.1) is 5.92 Å². The summed E-state index contributed by atoms with van der Waals surface area (Å²) >= 11 is 0. The number of hydrogen-bond donors (Lipinski definition) is 1. The molecule has 0 amide bonds. The van der Waals surface area contributed by atoms with Gasteiger partial charge in [-0.25, -0.2) is 4.98 Å². The SMILES string of the molecule is Nc1ccc2cccc(OCC3CCOC3)c2n1. The summed E-state index contributed by atoms with van der Waals surface area (Å²) in [5.41, 5.74) is 6.55. The Morgan fingerprint density at radius 2 is 2.28 bits per heavy atom. The summed E-state index contributed by atoms with van der Waals surface area (Å²) in [6.07, 6.45) is 1.07. The van der Waals surface area contributed by atoms with Crippen molar-refractivity contribution in [2.75, 3.05) is 25.6 Å². The van der Waals surface area contributed by atoms with Gasteiger partial charge in [0.05, 0.1) is 13.2 Å². The van der Waals surface area contributed by atoms with E-state index in [0.717, 1.165) is 36.3 Å². The summed E-state index contributed by atoms with van der Waals surface area (Å²) < 4.78 is 11.2. The number of pyridine rings is 1. The van der Waals surface area contributed by atoms with Gasteiger partial charge in [-0.05, 0) is 24.6 Å². The molecule has 2 N–H and O–H groups in total. The van der Waals surface area contributed by atoms with Crippen LogP contribution < -0.4 is 10.5 Å². The second kappa shape index (κ2) is 4.82. The topological polar surface area (TPSA) is 57.4 Å². The molecule has 1 aliphatic rings. The third-order valence-electron chi connectivity index (χ3n) is 3.20. The average Bonchev–Trinajstić information content (AvgIpc) is 2.89. The van der Waals surface area contributed by atoms with Crippen molar-refractivity contribution in [3.05, 3.63) is 30.3 Å². The Labute approximate surface area is 106 Å². The Morgan fingerprint density at radius 1 is 1.33 bits per heavy atom. The van der Waals surface area contributed by atoms with Gasteiger partial charge in [0.15, 0.2) is 0 Å². The van der Waals surface area contributed by atoms with Crippen molar-refractivity contribution in [1.29, 1.82) is 0 Å². The first-order chi connectivity index (χ1) is 8.83. The monoisotopic (exact) mass is 244 g/mol. The second-order valence-corrected chi connectivity index (χ2v) is 4.60. The van der Waals surface area contributed by atoms with Crippen molar-refractivity contribution < 1.29 is 9.47 Å². The summed E-state index contributed by atoms with van der Waals surface area (Å²) in [5.74, 6) is 1.80. The molecule has 1 saturated heterocycles. The summed E-state index contributed by atoms with van der Waals surface area (Å²) in [6.45, 7) is 2.31. The van der Waals surface area contributed by atoms with Gasteiger partial charge in [-0.2, -0.15) is 0 Å². The van der Waals surface area contributed by atoms with Gasteiger partial charge in [0.25, 0.3) is 0 Å². The third kappa shape index (κ3) is 2.24. The number of aromatic nitrogens is 1. The maximum absolute atomic E-state index is 5.86. The minimum absolute atomic E-state index is 0.487. The van der Waals surface area contributed by atoms with E-state index in [1.807, 2.05) is 24.3 Å². The zero-order valence-electron chi connectivity index (χ0n) is 10.1. The molecule has 1 unspecified atom stereocenters. The van der Waals surface area contributed by atoms with Gasteiger partial charge in [-0.15, -0.1) is 0 Å². The van der Waals surface area contributed by atoms with E-state index in [9.17, 15) is 0 Å². The van der Waals surface area contributed by atoms with Crippen LogP contribution in [0.5, 0.6) is 5.75 Å². The molecule has 0 aliphatic carbocycles. The lowest BCUT2D eigenvalue weighted by Gasteiger charge is -2.12. The molecule has 1 aliphatic heterocycles. The van der Waals surface area contributed by atoms with Crippen molar-refractivity contribution in [1.82, 2.24) is 4.98 Å². The fourth-order valence-corrected chi connectivity index (χ4v) is 2.17. The molecule has 2 aromatic rings.